The minimum atomic E-state index is 0.298. The summed E-state index contributed by atoms with van der Waals surface area (Å²) >= 11 is 0. The van der Waals surface area contributed by atoms with Crippen molar-refractivity contribution in [3.8, 4) is 5.75 Å². The van der Waals surface area contributed by atoms with Gasteiger partial charge in [0.05, 0.1) is 7.11 Å². The van der Waals surface area contributed by atoms with Crippen molar-refractivity contribution in [2.24, 2.45) is 5.92 Å². The molecule has 1 aliphatic carbocycles. The Bertz CT molecular complexity index is 446. The number of methoxy groups -OCH3 is 1. The van der Waals surface area contributed by atoms with Crippen molar-refractivity contribution in [1.29, 1.82) is 0 Å². The van der Waals surface area contributed by atoms with E-state index in [1.54, 1.807) is 7.11 Å². The van der Waals surface area contributed by atoms with Crippen LogP contribution in [0.15, 0.2) is 29.8 Å². The molecule has 2 nitrogen and oxygen atoms in total. The molecule has 0 heterocycles. The number of carbonyl (C=O) groups is 1. The maximum atomic E-state index is 11.9. The van der Waals surface area contributed by atoms with E-state index in [2.05, 4.69) is 6.92 Å². The van der Waals surface area contributed by atoms with Crippen LogP contribution in [0.25, 0.3) is 6.08 Å². The Morgan fingerprint density at radius 2 is 2.24 bits per heavy atom. The fraction of sp³-hybridized carbons (Fsp3) is 0.400. The number of hydrogen-bond acceptors (Lipinski definition) is 2. The molecule has 1 unspecified atom stereocenters. The highest BCUT2D eigenvalue weighted by Gasteiger charge is 2.21. The van der Waals surface area contributed by atoms with Gasteiger partial charge in [0.25, 0.3) is 0 Å². The van der Waals surface area contributed by atoms with E-state index >= 15 is 0 Å². The van der Waals surface area contributed by atoms with Crippen molar-refractivity contribution in [3.05, 3.63) is 35.4 Å². The number of benzene rings is 1. The van der Waals surface area contributed by atoms with Crippen LogP contribution in [0.5, 0.6) is 5.75 Å². The number of hydrogen-bond donors (Lipinski definition) is 0. The minimum Gasteiger partial charge on any atom is -0.497 e. The highest BCUT2D eigenvalue weighted by Crippen LogP contribution is 2.28. The average molecular weight is 230 g/mol. The van der Waals surface area contributed by atoms with Crippen molar-refractivity contribution in [2.75, 3.05) is 7.11 Å². The summed E-state index contributed by atoms with van der Waals surface area (Å²) in [5, 5.41) is 0. The molecule has 0 amide bonds. The van der Waals surface area contributed by atoms with Gasteiger partial charge in [-0.2, -0.15) is 0 Å². The zero-order valence-electron chi connectivity index (χ0n) is 10.4. The van der Waals surface area contributed by atoms with Gasteiger partial charge >= 0.3 is 0 Å². The van der Waals surface area contributed by atoms with E-state index in [1.807, 2.05) is 30.3 Å². The molecule has 0 aliphatic heterocycles. The summed E-state index contributed by atoms with van der Waals surface area (Å²) in [5.74, 6) is 1.50. The lowest BCUT2D eigenvalue weighted by atomic mass is 9.83. The zero-order chi connectivity index (χ0) is 12.3. The van der Waals surface area contributed by atoms with Gasteiger partial charge < -0.3 is 4.74 Å². The first-order valence-electron chi connectivity index (χ1n) is 6.09. The second kappa shape index (κ2) is 5.17. The molecule has 0 bridgehead atoms. The normalized spacial score (nSPS) is 22.8. The lowest BCUT2D eigenvalue weighted by Gasteiger charge is -2.20. The SMILES string of the molecule is COc1cccc(C=C2C(=O)CCCC2C)c1. The molecular formula is C15H18O2. The number of allylic oxidation sites excluding steroid dienone is 1. The van der Waals surface area contributed by atoms with Crippen LogP contribution in [0.4, 0.5) is 0 Å². The molecule has 0 N–H and O–H groups in total. The number of Topliss-reactive ketones (excluding diaryl/α,β-unsaturated/α-hetero) is 1. The van der Waals surface area contributed by atoms with Gasteiger partial charge in [-0.25, -0.2) is 0 Å². The highest BCUT2D eigenvalue weighted by atomic mass is 16.5. The molecule has 1 saturated carbocycles. The van der Waals surface area contributed by atoms with Gasteiger partial charge in [-0.05, 0) is 48.1 Å². The van der Waals surface area contributed by atoms with Gasteiger partial charge in [0, 0.05) is 6.42 Å². The average Bonchev–Trinajstić information content (AvgIpc) is 2.34. The van der Waals surface area contributed by atoms with Crippen LogP contribution < -0.4 is 4.74 Å². The summed E-state index contributed by atoms with van der Waals surface area (Å²) in [6.07, 6.45) is 4.84. The molecule has 0 aromatic heterocycles. The molecule has 2 heteroatoms. The fourth-order valence-electron chi connectivity index (χ4n) is 2.28. The number of ketones is 1. The van der Waals surface area contributed by atoms with Crippen molar-refractivity contribution in [1.82, 2.24) is 0 Å². The largest absolute Gasteiger partial charge is 0.497 e. The van der Waals surface area contributed by atoms with Crippen LogP contribution in [-0.2, 0) is 4.79 Å². The van der Waals surface area contributed by atoms with Crippen LogP contribution >= 0.6 is 0 Å². The number of ether oxygens (including phenoxy) is 1. The predicted octanol–water partition coefficient (Wildman–Crippen LogP) is 3.47. The molecule has 0 spiro atoms. The van der Waals surface area contributed by atoms with Crippen LogP contribution in [0.2, 0.25) is 0 Å². The highest BCUT2D eigenvalue weighted by molar-refractivity contribution is 6.00. The van der Waals surface area contributed by atoms with Crippen LogP contribution in [0, 0.1) is 5.92 Å². The second-order valence-electron chi connectivity index (χ2n) is 4.59. The molecular weight excluding hydrogens is 212 g/mol. The lowest BCUT2D eigenvalue weighted by molar-refractivity contribution is -0.116. The molecule has 0 radical (unpaired) electrons. The molecule has 17 heavy (non-hydrogen) atoms. The standard InChI is InChI=1S/C15H18O2/c1-11-5-3-8-15(16)14(11)10-12-6-4-7-13(9-12)17-2/h4,6-7,9-11H,3,5,8H2,1-2H3. The van der Waals surface area contributed by atoms with E-state index in [4.69, 9.17) is 4.74 Å². The maximum Gasteiger partial charge on any atom is 0.159 e. The molecule has 1 aliphatic rings. The monoisotopic (exact) mass is 230 g/mol. The van der Waals surface area contributed by atoms with Crippen LogP contribution in [0.3, 0.4) is 0 Å². The zero-order valence-corrected chi connectivity index (χ0v) is 10.4. The van der Waals surface area contributed by atoms with E-state index in [-0.39, 0.29) is 0 Å². The van der Waals surface area contributed by atoms with Gasteiger partial charge in [-0.15, -0.1) is 0 Å². The van der Waals surface area contributed by atoms with E-state index in [0.717, 1.165) is 29.7 Å². The molecule has 1 fully saturated rings. The second-order valence-corrected chi connectivity index (χ2v) is 4.59. The third-order valence-corrected chi connectivity index (χ3v) is 3.31. The predicted molar refractivity (Wildman–Crippen MR) is 69.0 cm³/mol. The Morgan fingerprint density at radius 3 is 2.94 bits per heavy atom. The Morgan fingerprint density at radius 1 is 1.41 bits per heavy atom. The minimum absolute atomic E-state index is 0.298. The third kappa shape index (κ3) is 2.76. The smallest absolute Gasteiger partial charge is 0.159 e. The van der Waals surface area contributed by atoms with Gasteiger partial charge in [0.1, 0.15) is 5.75 Å². The number of rotatable bonds is 2. The quantitative estimate of drug-likeness (QED) is 0.727. The first kappa shape index (κ1) is 11.9. The summed E-state index contributed by atoms with van der Waals surface area (Å²) < 4.78 is 5.18. The van der Waals surface area contributed by atoms with E-state index in [0.29, 0.717) is 18.1 Å². The lowest BCUT2D eigenvalue weighted by Crippen LogP contribution is -2.16. The molecule has 2 rings (SSSR count). The number of carbonyl (C=O) groups excluding carboxylic acids is 1. The summed E-state index contributed by atoms with van der Waals surface area (Å²) in [6, 6.07) is 7.82. The summed E-state index contributed by atoms with van der Waals surface area (Å²) in [4.78, 5) is 11.9. The molecule has 1 atom stereocenters. The fourth-order valence-corrected chi connectivity index (χ4v) is 2.28. The van der Waals surface area contributed by atoms with E-state index < -0.39 is 0 Å². The van der Waals surface area contributed by atoms with Crippen molar-refractivity contribution in [3.63, 3.8) is 0 Å². The van der Waals surface area contributed by atoms with Gasteiger partial charge in [0.15, 0.2) is 5.78 Å². The summed E-state index contributed by atoms with van der Waals surface area (Å²) in [7, 11) is 1.65. The van der Waals surface area contributed by atoms with Crippen LogP contribution in [-0.4, -0.2) is 12.9 Å². The first-order chi connectivity index (χ1) is 8.20. The van der Waals surface area contributed by atoms with Crippen molar-refractivity contribution < 1.29 is 9.53 Å². The van der Waals surface area contributed by atoms with Crippen LogP contribution in [0.1, 0.15) is 31.7 Å². The Balaban J connectivity index is 2.29. The van der Waals surface area contributed by atoms with E-state index in [1.165, 1.54) is 0 Å². The summed E-state index contributed by atoms with van der Waals surface area (Å²) in [6.45, 7) is 2.13. The Labute approximate surface area is 102 Å². The van der Waals surface area contributed by atoms with Gasteiger partial charge in [-0.1, -0.05) is 19.1 Å². The topological polar surface area (TPSA) is 26.3 Å². The molecule has 1 aromatic carbocycles. The maximum absolute atomic E-state index is 11.9. The third-order valence-electron chi connectivity index (χ3n) is 3.31. The van der Waals surface area contributed by atoms with Crippen molar-refractivity contribution >= 4 is 11.9 Å². The first-order valence-corrected chi connectivity index (χ1v) is 6.09. The summed E-state index contributed by atoms with van der Waals surface area (Å²) in [5.41, 5.74) is 2.01. The Hall–Kier alpha value is -1.57. The molecule has 1 aromatic rings. The van der Waals surface area contributed by atoms with Crippen molar-refractivity contribution in [2.45, 2.75) is 26.2 Å². The van der Waals surface area contributed by atoms with Gasteiger partial charge in [0.2, 0.25) is 0 Å². The molecule has 0 saturated heterocycles. The van der Waals surface area contributed by atoms with Gasteiger partial charge in [-0.3, -0.25) is 4.79 Å². The van der Waals surface area contributed by atoms with E-state index in [9.17, 15) is 4.79 Å². The Kier molecular flexibility index (Phi) is 3.62. The molecule has 90 valence electrons.